The minimum atomic E-state index is -0.432. The third-order valence-corrected chi connectivity index (χ3v) is 8.65. The number of piperazine rings is 1. The third kappa shape index (κ3) is 8.89. The molecule has 0 atom stereocenters. The second-order valence-electron chi connectivity index (χ2n) is 10.9. The molecule has 248 valence electrons. The molecule has 0 amide bonds. The van der Waals surface area contributed by atoms with Crippen molar-refractivity contribution in [2.24, 2.45) is 0 Å². The van der Waals surface area contributed by atoms with Crippen molar-refractivity contribution in [1.82, 2.24) is 9.80 Å². The largest absolute Gasteiger partial charge is 0.504 e. The van der Waals surface area contributed by atoms with Gasteiger partial charge in [0, 0.05) is 49.8 Å². The monoisotopic (exact) mass is 690 g/mol. The van der Waals surface area contributed by atoms with E-state index in [1.165, 1.54) is 24.9 Å². The molecular weight excluding hydrogens is 651 g/mol. The van der Waals surface area contributed by atoms with Crippen LogP contribution in [0.4, 0.5) is 0 Å². The molecule has 1 N–H and O–H groups in total. The van der Waals surface area contributed by atoms with Crippen LogP contribution in [0.25, 0.3) is 11.0 Å². The Morgan fingerprint density at radius 3 is 2.24 bits per heavy atom. The van der Waals surface area contributed by atoms with Crippen molar-refractivity contribution >= 4 is 53.5 Å². The molecule has 4 aromatic rings. The fourth-order valence-corrected chi connectivity index (χ4v) is 5.88. The molecule has 1 aliphatic heterocycles. The maximum atomic E-state index is 13.0. The van der Waals surface area contributed by atoms with Crippen LogP contribution in [0.2, 0.25) is 0 Å². The third-order valence-electron chi connectivity index (χ3n) is 7.74. The molecule has 1 aliphatic rings. The van der Waals surface area contributed by atoms with Gasteiger partial charge in [0.05, 0.1) is 18.8 Å². The Kier molecular flexibility index (Phi) is 13.6. The van der Waals surface area contributed by atoms with Gasteiger partial charge in [-0.3, -0.25) is 9.69 Å². The average Bonchev–Trinajstić information content (AvgIpc) is 3.02. The molecule has 0 bridgehead atoms. The van der Waals surface area contributed by atoms with Crippen LogP contribution in [0.5, 0.6) is 23.0 Å². The number of fused-ring (bicyclic) bond motifs is 1. The standard InChI is InChI=1S/C34H38N2O7S.2ClH/c1-5-24(6-2)41-29-20-28-31(32(38)33(29)40-4)27(37)19-30(43-28)44-26-13-11-25(12-14-26)42-34(39)23-9-7-22(8-10-23)21-36-17-15-35(3)16-18-36;;/h7-14,19-20,24,38H,5-6,15-18,21H2,1-4H3;2*1H. The van der Waals surface area contributed by atoms with Crippen LogP contribution < -0.4 is 19.6 Å². The van der Waals surface area contributed by atoms with Crippen LogP contribution in [0.1, 0.15) is 42.6 Å². The van der Waals surface area contributed by atoms with Gasteiger partial charge in [0.2, 0.25) is 5.75 Å². The number of hydrogen-bond donors (Lipinski definition) is 1. The average molecular weight is 692 g/mol. The summed E-state index contributed by atoms with van der Waals surface area (Å²) in [7, 11) is 3.55. The topological polar surface area (TPSA) is 102 Å². The number of aromatic hydroxyl groups is 1. The summed E-state index contributed by atoms with van der Waals surface area (Å²) in [6.07, 6.45) is 1.46. The first-order chi connectivity index (χ1) is 21.3. The fraction of sp³-hybridized carbons (Fsp3) is 0.353. The highest BCUT2D eigenvalue weighted by Crippen LogP contribution is 2.43. The van der Waals surface area contributed by atoms with Gasteiger partial charge in [-0.15, -0.1) is 24.8 Å². The first-order valence-electron chi connectivity index (χ1n) is 14.8. The number of methoxy groups -OCH3 is 1. The molecule has 0 aliphatic carbocycles. The maximum Gasteiger partial charge on any atom is 0.343 e. The molecule has 0 spiro atoms. The number of ether oxygens (including phenoxy) is 3. The minimum Gasteiger partial charge on any atom is -0.504 e. The Morgan fingerprint density at radius 1 is 0.978 bits per heavy atom. The summed E-state index contributed by atoms with van der Waals surface area (Å²) >= 11 is 1.23. The summed E-state index contributed by atoms with van der Waals surface area (Å²) in [4.78, 5) is 31.2. The molecule has 0 radical (unpaired) electrons. The van der Waals surface area contributed by atoms with E-state index in [4.69, 9.17) is 18.6 Å². The fourth-order valence-electron chi connectivity index (χ4n) is 5.08. The first kappa shape index (κ1) is 37.1. The molecule has 0 saturated carbocycles. The highest BCUT2D eigenvalue weighted by atomic mass is 35.5. The van der Waals surface area contributed by atoms with E-state index in [0.29, 0.717) is 22.2 Å². The van der Waals surface area contributed by atoms with Crippen molar-refractivity contribution in [1.29, 1.82) is 0 Å². The Balaban J connectivity index is 0.00000288. The number of nitrogens with zero attached hydrogens (tertiary/aromatic N) is 2. The van der Waals surface area contributed by atoms with E-state index in [0.717, 1.165) is 56.0 Å². The van der Waals surface area contributed by atoms with Gasteiger partial charge in [0.15, 0.2) is 22.0 Å². The number of hydrogen-bond acceptors (Lipinski definition) is 10. The van der Waals surface area contributed by atoms with Gasteiger partial charge >= 0.3 is 5.97 Å². The Morgan fingerprint density at radius 2 is 1.63 bits per heavy atom. The van der Waals surface area contributed by atoms with Crippen LogP contribution in [0, 0.1) is 0 Å². The highest BCUT2D eigenvalue weighted by molar-refractivity contribution is 7.99. The highest BCUT2D eigenvalue weighted by Gasteiger charge is 2.22. The first-order valence-corrected chi connectivity index (χ1v) is 15.6. The van der Waals surface area contributed by atoms with Crippen LogP contribution in [0.3, 0.4) is 0 Å². The number of carbonyl (C=O) groups is 1. The van der Waals surface area contributed by atoms with Crippen LogP contribution in [0.15, 0.2) is 79.9 Å². The molecule has 46 heavy (non-hydrogen) atoms. The van der Waals surface area contributed by atoms with Crippen molar-refractivity contribution in [3.63, 3.8) is 0 Å². The lowest BCUT2D eigenvalue weighted by molar-refractivity contribution is 0.0734. The van der Waals surface area contributed by atoms with E-state index in [1.54, 1.807) is 42.5 Å². The SMILES string of the molecule is CCC(CC)Oc1cc2oc(Sc3ccc(OC(=O)c4ccc(CN5CCN(C)CC5)cc4)cc3)cc(=O)c2c(O)c1OC.Cl.Cl. The lowest BCUT2D eigenvalue weighted by Gasteiger charge is -2.32. The minimum absolute atomic E-state index is 0. The summed E-state index contributed by atoms with van der Waals surface area (Å²) in [5.41, 5.74) is 1.44. The molecular formula is C34H40Cl2N2O7S. The van der Waals surface area contributed by atoms with E-state index in [1.807, 2.05) is 26.0 Å². The van der Waals surface area contributed by atoms with Gasteiger partial charge < -0.3 is 28.6 Å². The van der Waals surface area contributed by atoms with Crippen LogP contribution >= 0.6 is 36.6 Å². The number of rotatable bonds is 11. The summed E-state index contributed by atoms with van der Waals surface area (Å²) in [6.45, 7) is 9.08. The molecule has 2 heterocycles. The Hall–Kier alpha value is -3.41. The number of carbonyl (C=O) groups excluding carboxylic acids is 1. The predicted molar refractivity (Wildman–Crippen MR) is 185 cm³/mol. The van der Waals surface area contributed by atoms with E-state index in [9.17, 15) is 14.7 Å². The van der Waals surface area contributed by atoms with Crippen molar-refractivity contribution in [2.75, 3.05) is 40.3 Å². The van der Waals surface area contributed by atoms with Gasteiger partial charge in [-0.05, 0) is 61.9 Å². The molecule has 12 heteroatoms. The van der Waals surface area contributed by atoms with Crippen LogP contribution in [-0.2, 0) is 6.54 Å². The molecule has 1 fully saturated rings. The molecule has 5 rings (SSSR count). The molecule has 1 aromatic heterocycles. The molecule has 9 nitrogen and oxygen atoms in total. The maximum absolute atomic E-state index is 13.0. The summed E-state index contributed by atoms with van der Waals surface area (Å²) in [5, 5.41) is 11.2. The number of esters is 1. The lowest BCUT2D eigenvalue weighted by Crippen LogP contribution is -2.43. The second-order valence-corrected chi connectivity index (χ2v) is 11.9. The number of benzene rings is 3. The number of phenols is 1. The zero-order chi connectivity index (χ0) is 31.2. The van der Waals surface area contributed by atoms with Crippen molar-refractivity contribution in [3.8, 4) is 23.0 Å². The number of phenolic OH excluding ortho intramolecular Hbond substituents is 1. The van der Waals surface area contributed by atoms with E-state index < -0.39 is 11.4 Å². The van der Waals surface area contributed by atoms with Gasteiger partial charge in [0.1, 0.15) is 16.7 Å². The van der Waals surface area contributed by atoms with Gasteiger partial charge in [-0.25, -0.2) is 4.79 Å². The lowest BCUT2D eigenvalue weighted by atomic mass is 10.1. The van der Waals surface area contributed by atoms with E-state index >= 15 is 0 Å². The van der Waals surface area contributed by atoms with Gasteiger partial charge in [0.25, 0.3) is 0 Å². The van der Waals surface area contributed by atoms with Crippen molar-refractivity contribution in [3.05, 3.63) is 82.0 Å². The van der Waals surface area contributed by atoms with Crippen molar-refractivity contribution < 1.29 is 28.5 Å². The van der Waals surface area contributed by atoms with E-state index in [2.05, 4.69) is 16.8 Å². The quantitative estimate of drug-likeness (QED) is 0.130. The molecule has 0 unspecified atom stereocenters. The molecule has 1 saturated heterocycles. The summed E-state index contributed by atoms with van der Waals surface area (Å²) < 4.78 is 23.0. The van der Waals surface area contributed by atoms with Gasteiger partial charge in [-0.2, -0.15) is 0 Å². The Bertz CT molecular complexity index is 1650. The van der Waals surface area contributed by atoms with Crippen molar-refractivity contribution in [2.45, 2.75) is 49.3 Å². The summed E-state index contributed by atoms with van der Waals surface area (Å²) in [6, 6.07) is 17.4. The summed E-state index contributed by atoms with van der Waals surface area (Å²) in [5.74, 6) is 0.0723. The predicted octanol–water partition coefficient (Wildman–Crippen LogP) is 7.04. The van der Waals surface area contributed by atoms with Gasteiger partial charge in [-0.1, -0.05) is 37.7 Å². The normalized spacial score (nSPS) is 13.6. The molecule has 3 aromatic carbocycles. The smallest absolute Gasteiger partial charge is 0.343 e. The number of likely N-dealkylation sites (N-methyl/N-ethyl adjacent to an activating group) is 1. The van der Waals surface area contributed by atoms with Crippen LogP contribution in [-0.4, -0.2) is 67.3 Å². The van der Waals surface area contributed by atoms with E-state index in [-0.39, 0.29) is 53.4 Å². The zero-order valence-electron chi connectivity index (χ0n) is 26.3. The number of halogens is 2. The Labute approximate surface area is 285 Å². The zero-order valence-corrected chi connectivity index (χ0v) is 28.8. The second kappa shape index (κ2) is 16.9.